The zero-order chi connectivity index (χ0) is 32.8. The topological polar surface area (TPSA) is 141 Å². The van der Waals surface area contributed by atoms with Crippen LogP contribution in [-0.4, -0.2) is 106 Å². The second-order valence-corrected chi connectivity index (χ2v) is 11.1. The van der Waals surface area contributed by atoms with Gasteiger partial charge in [0.25, 0.3) is 11.8 Å². The molecule has 0 aliphatic carbocycles. The fourth-order valence-corrected chi connectivity index (χ4v) is 5.36. The molecule has 2 fully saturated rings. The molecule has 5 aromatic rings. The van der Waals surface area contributed by atoms with Crippen molar-refractivity contribution in [1.82, 2.24) is 24.8 Å². The number of carbonyl (C=O) groups excluding carboxylic acids is 2. The molecule has 240 valence electrons. The van der Waals surface area contributed by atoms with Crippen molar-refractivity contribution >= 4 is 35.3 Å². The molecular weight excluding hydrogens is 604 g/mol. The molecule has 11 nitrogen and oxygen atoms in total. The van der Waals surface area contributed by atoms with Crippen LogP contribution < -0.4 is 5.46 Å². The van der Waals surface area contributed by atoms with Gasteiger partial charge in [-0.2, -0.15) is 0 Å². The molecular formula is C34H33BFN5O6. The third kappa shape index (κ3) is 7.72. The van der Waals surface area contributed by atoms with Gasteiger partial charge in [0.2, 0.25) is 0 Å². The summed E-state index contributed by atoms with van der Waals surface area (Å²) in [7, 11) is -1.50. The molecule has 3 N–H and O–H groups in total. The number of fused-ring (bicyclic) bond motifs is 1. The van der Waals surface area contributed by atoms with Crippen molar-refractivity contribution in [2.45, 2.75) is 0 Å². The lowest BCUT2D eigenvalue weighted by molar-refractivity contribution is 0.0301. The first-order chi connectivity index (χ1) is 22.9. The number of halogens is 1. The number of rotatable bonds is 5. The van der Waals surface area contributed by atoms with Crippen molar-refractivity contribution in [2.75, 3.05) is 52.6 Å². The molecule has 0 radical (unpaired) electrons. The highest BCUT2D eigenvalue weighted by molar-refractivity contribution is 6.58. The minimum Gasteiger partial charge on any atom is -0.423 e. The summed E-state index contributed by atoms with van der Waals surface area (Å²) in [5, 5.41) is 18.7. The summed E-state index contributed by atoms with van der Waals surface area (Å²) < 4.78 is 23.9. The Morgan fingerprint density at radius 3 is 1.87 bits per heavy atom. The van der Waals surface area contributed by atoms with Gasteiger partial charge in [0.05, 0.1) is 50.2 Å². The van der Waals surface area contributed by atoms with Crippen LogP contribution in [0.25, 0.3) is 33.5 Å². The first-order valence-corrected chi connectivity index (χ1v) is 15.3. The lowest BCUT2D eigenvalue weighted by atomic mass is 9.80. The lowest BCUT2D eigenvalue weighted by Gasteiger charge is -2.26. The number of hydrogen-bond donors (Lipinski definition) is 3. The molecule has 3 aromatic carbocycles. The summed E-state index contributed by atoms with van der Waals surface area (Å²) >= 11 is 0. The van der Waals surface area contributed by atoms with Crippen LogP contribution in [0.3, 0.4) is 0 Å². The molecule has 4 heterocycles. The number of carbonyl (C=O) groups is 2. The van der Waals surface area contributed by atoms with Crippen LogP contribution in [0.4, 0.5) is 4.39 Å². The Morgan fingerprint density at radius 2 is 1.30 bits per heavy atom. The molecule has 47 heavy (non-hydrogen) atoms. The maximum atomic E-state index is 13.5. The Kier molecular flexibility index (Phi) is 9.98. The van der Waals surface area contributed by atoms with E-state index in [-0.39, 0.29) is 17.6 Å². The van der Waals surface area contributed by atoms with E-state index in [1.54, 1.807) is 52.5 Å². The van der Waals surface area contributed by atoms with Crippen molar-refractivity contribution in [3.63, 3.8) is 0 Å². The number of benzene rings is 3. The fourth-order valence-electron chi connectivity index (χ4n) is 5.36. The summed E-state index contributed by atoms with van der Waals surface area (Å²) in [6.07, 6.45) is 3.35. The average molecular weight is 637 g/mol. The number of nitrogens with zero attached hydrogens (tertiary/aromatic N) is 4. The summed E-state index contributed by atoms with van der Waals surface area (Å²) in [5.74, 6) is -0.318. The van der Waals surface area contributed by atoms with E-state index in [1.165, 1.54) is 12.1 Å². The molecule has 0 saturated carbocycles. The zero-order valence-corrected chi connectivity index (χ0v) is 25.5. The van der Waals surface area contributed by atoms with Gasteiger partial charge >= 0.3 is 7.12 Å². The predicted molar refractivity (Wildman–Crippen MR) is 174 cm³/mol. The highest BCUT2D eigenvalue weighted by atomic mass is 19.1. The zero-order valence-electron chi connectivity index (χ0n) is 25.5. The van der Waals surface area contributed by atoms with Gasteiger partial charge in [-0.25, -0.2) is 9.37 Å². The van der Waals surface area contributed by atoms with Gasteiger partial charge < -0.3 is 34.3 Å². The molecule has 0 unspecified atom stereocenters. The molecule has 2 aromatic heterocycles. The number of nitrogens with one attached hydrogen (secondary N) is 1. The van der Waals surface area contributed by atoms with E-state index < -0.39 is 7.12 Å². The number of H-pyrrole nitrogens is 1. The predicted octanol–water partition coefficient (Wildman–Crippen LogP) is 2.74. The largest absolute Gasteiger partial charge is 0.488 e. The minimum absolute atomic E-state index is 0.00925. The van der Waals surface area contributed by atoms with Crippen molar-refractivity contribution in [1.29, 1.82) is 0 Å². The van der Waals surface area contributed by atoms with E-state index in [2.05, 4.69) is 9.97 Å². The maximum absolute atomic E-state index is 13.5. The van der Waals surface area contributed by atoms with Crippen LogP contribution in [0.2, 0.25) is 0 Å². The average Bonchev–Trinajstić information content (AvgIpc) is 3.56. The summed E-state index contributed by atoms with van der Waals surface area (Å²) in [4.78, 5) is 40.4. The normalized spacial score (nSPS) is 14.8. The van der Waals surface area contributed by atoms with Crippen LogP contribution in [-0.2, 0) is 9.47 Å². The fraction of sp³-hybridized carbons (Fsp3) is 0.235. The molecule has 2 amide bonds. The van der Waals surface area contributed by atoms with Crippen LogP contribution in [0.5, 0.6) is 0 Å². The number of aromatic nitrogens is 3. The minimum atomic E-state index is -1.50. The van der Waals surface area contributed by atoms with E-state index >= 15 is 0 Å². The van der Waals surface area contributed by atoms with E-state index in [4.69, 9.17) is 24.5 Å². The first kappa shape index (κ1) is 32.0. The molecule has 0 atom stereocenters. The van der Waals surface area contributed by atoms with Crippen LogP contribution in [0.15, 0.2) is 85.2 Å². The Hall–Kier alpha value is -4.95. The highest BCUT2D eigenvalue weighted by Crippen LogP contribution is 2.25. The summed E-state index contributed by atoms with van der Waals surface area (Å²) in [6.45, 7) is 4.72. The van der Waals surface area contributed by atoms with Crippen molar-refractivity contribution < 1.29 is 33.5 Å². The van der Waals surface area contributed by atoms with Gasteiger partial charge in [0.15, 0.2) is 0 Å². The molecule has 13 heteroatoms. The van der Waals surface area contributed by atoms with Crippen molar-refractivity contribution in [3.05, 3.63) is 102 Å². The van der Waals surface area contributed by atoms with Crippen molar-refractivity contribution in [2.24, 2.45) is 0 Å². The highest BCUT2D eigenvalue weighted by Gasteiger charge is 2.20. The second-order valence-electron chi connectivity index (χ2n) is 11.1. The summed E-state index contributed by atoms with van der Waals surface area (Å²) in [5.41, 5.74) is 5.40. The SMILES string of the molecule is O=C(c1ccc(-c2cncc(-c3cc4cc(F)ccc4[nH]3)n2)cc1)N1CCOCC1.O=C(c1ccc(B(O)O)cc1)N1CCOCC1. The van der Waals surface area contributed by atoms with E-state index in [0.29, 0.717) is 80.6 Å². The van der Waals surface area contributed by atoms with E-state index in [0.717, 1.165) is 22.2 Å². The molecule has 2 aliphatic heterocycles. The maximum Gasteiger partial charge on any atom is 0.488 e. The van der Waals surface area contributed by atoms with Gasteiger partial charge in [-0.05, 0) is 54.0 Å². The second kappa shape index (κ2) is 14.6. The van der Waals surface area contributed by atoms with Crippen LogP contribution in [0, 0.1) is 5.82 Å². The third-order valence-corrected chi connectivity index (χ3v) is 7.97. The smallest absolute Gasteiger partial charge is 0.423 e. The van der Waals surface area contributed by atoms with Crippen molar-refractivity contribution in [3.8, 4) is 22.6 Å². The monoisotopic (exact) mass is 637 g/mol. The Labute approximate surface area is 270 Å². The van der Waals surface area contributed by atoms with Gasteiger partial charge in [0.1, 0.15) is 11.5 Å². The molecule has 2 saturated heterocycles. The molecule has 0 bridgehead atoms. The number of morpholine rings is 2. The standard InChI is InChI=1S/C23H19FN4O2.C11H14BNO4/c24-18-5-6-19-17(11-18)12-20(26-19)22-14-25-13-21(27-22)15-1-3-16(4-2-15)23(29)28-7-9-30-10-8-28;14-11(13-5-7-17-8-6-13)9-1-3-10(4-2-9)12(15)16/h1-6,11-14,26H,7-10H2;1-4,15-16H,5-8H2. The molecule has 7 rings (SSSR count). The van der Waals surface area contributed by atoms with E-state index in [9.17, 15) is 14.0 Å². The molecule has 2 aliphatic rings. The number of aromatic amines is 1. The first-order valence-electron chi connectivity index (χ1n) is 15.3. The Bertz CT molecular complexity index is 1840. The van der Waals surface area contributed by atoms with E-state index in [1.807, 2.05) is 30.3 Å². The quantitative estimate of drug-likeness (QED) is 0.250. The number of hydrogen-bond acceptors (Lipinski definition) is 8. The van der Waals surface area contributed by atoms with Crippen LogP contribution in [0.1, 0.15) is 20.7 Å². The Morgan fingerprint density at radius 1 is 0.745 bits per heavy atom. The third-order valence-electron chi connectivity index (χ3n) is 7.97. The Balaban J connectivity index is 0.000000193. The lowest BCUT2D eigenvalue weighted by Crippen LogP contribution is -2.40. The van der Waals surface area contributed by atoms with Gasteiger partial charge in [-0.1, -0.05) is 24.3 Å². The molecule has 0 spiro atoms. The number of ether oxygens (including phenoxy) is 2. The van der Waals surface area contributed by atoms with Crippen LogP contribution >= 0.6 is 0 Å². The van der Waals surface area contributed by atoms with Gasteiger partial charge in [0, 0.05) is 53.8 Å². The van der Waals surface area contributed by atoms with Gasteiger partial charge in [-0.15, -0.1) is 0 Å². The van der Waals surface area contributed by atoms with Gasteiger partial charge in [-0.3, -0.25) is 14.6 Å². The summed E-state index contributed by atoms with van der Waals surface area (Å²) in [6, 6.07) is 20.1. The number of amides is 2.